The van der Waals surface area contributed by atoms with Crippen LogP contribution in [-0.2, 0) is 9.47 Å². The van der Waals surface area contributed by atoms with Gasteiger partial charge in [-0.05, 0) is 46.1 Å². The molecule has 1 saturated heterocycles. The largest absolute Gasteiger partial charge is 0.376 e. The first-order valence-electron chi connectivity index (χ1n) is 7.49. The van der Waals surface area contributed by atoms with Crippen LogP contribution in [0, 0.1) is 11.3 Å². The number of nitriles is 1. The van der Waals surface area contributed by atoms with Gasteiger partial charge in [0.1, 0.15) is 5.54 Å². The van der Waals surface area contributed by atoms with Gasteiger partial charge in [0.25, 0.3) is 0 Å². The molecule has 1 N–H and O–H groups in total. The molecule has 0 aromatic carbocycles. The Morgan fingerprint density at radius 3 is 2.89 bits per heavy atom. The molecular weight excluding hydrogens is 240 g/mol. The van der Waals surface area contributed by atoms with Crippen molar-refractivity contribution in [3.8, 4) is 6.07 Å². The van der Waals surface area contributed by atoms with Gasteiger partial charge in [0.05, 0.1) is 24.9 Å². The molecule has 0 aliphatic carbocycles. The molecule has 4 nitrogen and oxygen atoms in total. The van der Waals surface area contributed by atoms with E-state index in [9.17, 15) is 5.26 Å². The summed E-state index contributed by atoms with van der Waals surface area (Å²) in [4.78, 5) is 0. The summed E-state index contributed by atoms with van der Waals surface area (Å²) in [5.74, 6) is 0. The molecule has 110 valence electrons. The van der Waals surface area contributed by atoms with E-state index in [2.05, 4.69) is 18.3 Å². The first-order valence-corrected chi connectivity index (χ1v) is 7.49. The highest BCUT2D eigenvalue weighted by Crippen LogP contribution is 2.17. The van der Waals surface area contributed by atoms with E-state index in [0.717, 1.165) is 26.0 Å². The lowest BCUT2D eigenvalue weighted by molar-refractivity contribution is -0.0632. The molecule has 3 unspecified atom stereocenters. The summed E-state index contributed by atoms with van der Waals surface area (Å²) in [5.41, 5.74) is -0.497. The maximum Gasteiger partial charge on any atom is 0.106 e. The Labute approximate surface area is 117 Å². The standard InChI is InChI=1S/C15H28N2O2/c1-4-8-17-15(3,12-16)10-13(2)19-11-14-7-5-6-9-18-14/h13-14,17H,4-11H2,1-3H3. The molecule has 0 saturated carbocycles. The Morgan fingerprint density at radius 1 is 1.53 bits per heavy atom. The minimum atomic E-state index is -0.497. The van der Waals surface area contributed by atoms with Crippen LogP contribution < -0.4 is 5.32 Å². The number of ether oxygens (including phenoxy) is 2. The van der Waals surface area contributed by atoms with Crippen LogP contribution >= 0.6 is 0 Å². The molecule has 0 spiro atoms. The van der Waals surface area contributed by atoms with E-state index in [1.54, 1.807) is 0 Å². The summed E-state index contributed by atoms with van der Waals surface area (Å²) in [7, 11) is 0. The third-order valence-electron chi connectivity index (χ3n) is 3.55. The van der Waals surface area contributed by atoms with Crippen molar-refractivity contribution >= 4 is 0 Å². The Bertz CT molecular complexity index is 284. The monoisotopic (exact) mass is 268 g/mol. The Morgan fingerprint density at radius 2 is 2.32 bits per heavy atom. The number of hydrogen-bond acceptors (Lipinski definition) is 4. The highest BCUT2D eigenvalue weighted by molar-refractivity contribution is 5.04. The van der Waals surface area contributed by atoms with E-state index in [1.807, 2.05) is 13.8 Å². The van der Waals surface area contributed by atoms with E-state index in [-0.39, 0.29) is 12.2 Å². The van der Waals surface area contributed by atoms with Crippen LogP contribution in [0.1, 0.15) is 52.9 Å². The number of nitrogens with zero attached hydrogens (tertiary/aromatic N) is 1. The minimum absolute atomic E-state index is 0.0690. The molecule has 0 bridgehead atoms. The first kappa shape index (κ1) is 16.4. The highest BCUT2D eigenvalue weighted by atomic mass is 16.5. The molecule has 1 aliphatic heterocycles. The predicted molar refractivity (Wildman–Crippen MR) is 75.9 cm³/mol. The van der Waals surface area contributed by atoms with Gasteiger partial charge < -0.3 is 9.47 Å². The lowest BCUT2D eigenvalue weighted by Gasteiger charge is -2.28. The van der Waals surface area contributed by atoms with Crippen molar-refractivity contribution in [3.63, 3.8) is 0 Å². The maximum absolute atomic E-state index is 9.28. The van der Waals surface area contributed by atoms with Crippen LogP contribution in [0.3, 0.4) is 0 Å². The molecule has 1 aliphatic rings. The second-order valence-corrected chi connectivity index (χ2v) is 5.71. The fourth-order valence-corrected chi connectivity index (χ4v) is 2.40. The summed E-state index contributed by atoms with van der Waals surface area (Å²) in [6.45, 7) is 8.45. The zero-order valence-electron chi connectivity index (χ0n) is 12.6. The second-order valence-electron chi connectivity index (χ2n) is 5.71. The molecule has 1 rings (SSSR count). The Balaban J connectivity index is 2.27. The fourth-order valence-electron chi connectivity index (χ4n) is 2.40. The molecule has 19 heavy (non-hydrogen) atoms. The third-order valence-corrected chi connectivity index (χ3v) is 3.55. The van der Waals surface area contributed by atoms with Gasteiger partial charge in [0, 0.05) is 13.0 Å². The SMILES string of the molecule is CCCNC(C)(C#N)CC(C)OCC1CCCCO1. The summed E-state index contributed by atoms with van der Waals surface area (Å²) in [6, 6.07) is 2.36. The van der Waals surface area contributed by atoms with E-state index < -0.39 is 5.54 Å². The zero-order chi connectivity index (χ0) is 14.1. The van der Waals surface area contributed by atoms with Crippen molar-refractivity contribution in [2.75, 3.05) is 19.8 Å². The van der Waals surface area contributed by atoms with Crippen LogP contribution in [0.5, 0.6) is 0 Å². The van der Waals surface area contributed by atoms with Crippen molar-refractivity contribution < 1.29 is 9.47 Å². The summed E-state index contributed by atoms with van der Waals surface area (Å²) < 4.78 is 11.5. The smallest absolute Gasteiger partial charge is 0.106 e. The number of nitrogens with one attached hydrogen (secondary N) is 1. The number of rotatable bonds is 8. The molecule has 0 radical (unpaired) electrons. The predicted octanol–water partition coefficient (Wildman–Crippen LogP) is 2.63. The molecule has 4 heteroatoms. The van der Waals surface area contributed by atoms with E-state index in [4.69, 9.17) is 9.47 Å². The third kappa shape index (κ3) is 6.38. The van der Waals surface area contributed by atoms with Crippen molar-refractivity contribution in [2.45, 2.75) is 70.6 Å². The van der Waals surface area contributed by atoms with Crippen LogP contribution in [0.2, 0.25) is 0 Å². The molecule has 3 atom stereocenters. The lowest BCUT2D eigenvalue weighted by Crippen LogP contribution is -2.44. The first-order chi connectivity index (χ1) is 9.09. The lowest BCUT2D eigenvalue weighted by atomic mass is 9.96. The van der Waals surface area contributed by atoms with Crippen LogP contribution in [-0.4, -0.2) is 37.5 Å². The molecule has 0 aromatic rings. The van der Waals surface area contributed by atoms with Gasteiger partial charge in [-0.25, -0.2) is 0 Å². The molecule has 1 fully saturated rings. The second kappa shape index (κ2) is 8.52. The van der Waals surface area contributed by atoms with E-state index >= 15 is 0 Å². The Hall–Kier alpha value is -0.630. The van der Waals surface area contributed by atoms with Crippen LogP contribution in [0.4, 0.5) is 0 Å². The average Bonchev–Trinajstić information content (AvgIpc) is 2.44. The van der Waals surface area contributed by atoms with Crippen LogP contribution in [0.25, 0.3) is 0 Å². The highest BCUT2D eigenvalue weighted by Gasteiger charge is 2.26. The van der Waals surface area contributed by atoms with Gasteiger partial charge in [0.15, 0.2) is 0 Å². The molecule has 0 amide bonds. The van der Waals surface area contributed by atoms with E-state index in [1.165, 1.54) is 12.8 Å². The quantitative estimate of drug-likeness (QED) is 0.735. The normalized spacial score (nSPS) is 24.4. The Kier molecular flexibility index (Phi) is 7.37. The van der Waals surface area contributed by atoms with Crippen molar-refractivity contribution in [3.05, 3.63) is 0 Å². The van der Waals surface area contributed by atoms with Gasteiger partial charge >= 0.3 is 0 Å². The van der Waals surface area contributed by atoms with Crippen molar-refractivity contribution in [1.29, 1.82) is 5.26 Å². The summed E-state index contributed by atoms with van der Waals surface area (Å²) in [6.07, 6.45) is 5.54. The minimum Gasteiger partial charge on any atom is -0.376 e. The molecule has 0 aromatic heterocycles. The van der Waals surface area contributed by atoms with Gasteiger partial charge in [-0.15, -0.1) is 0 Å². The van der Waals surface area contributed by atoms with Crippen molar-refractivity contribution in [1.82, 2.24) is 5.32 Å². The van der Waals surface area contributed by atoms with Crippen molar-refractivity contribution in [2.24, 2.45) is 0 Å². The topological polar surface area (TPSA) is 54.3 Å². The molecule has 1 heterocycles. The fraction of sp³-hybridized carbons (Fsp3) is 0.933. The van der Waals surface area contributed by atoms with Gasteiger partial charge in [-0.2, -0.15) is 5.26 Å². The van der Waals surface area contributed by atoms with E-state index in [0.29, 0.717) is 13.0 Å². The van der Waals surface area contributed by atoms with Crippen LogP contribution in [0.15, 0.2) is 0 Å². The summed E-state index contributed by atoms with van der Waals surface area (Å²) in [5, 5.41) is 12.6. The average molecular weight is 268 g/mol. The zero-order valence-corrected chi connectivity index (χ0v) is 12.6. The van der Waals surface area contributed by atoms with Gasteiger partial charge in [-0.3, -0.25) is 5.32 Å². The van der Waals surface area contributed by atoms with Gasteiger partial charge in [0.2, 0.25) is 0 Å². The maximum atomic E-state index is 9.28. The molecular formula is C15H28N2O2. The summed E-state index contributed by atoms with van der Waals surface area (Å²) >= 11 is 0. The number of hydrogen-bond donors (Lipinski definition) is 1. The van der Waals surface area contributed by atoms with Gasteiger partial charge in [-0.1, -0.05) is 6.92 Å².